The number of halogens is 3. The highest BCUT2D eigenvalue weighted by atomic mass is 32.2. The second-order valence-corrected chi connectivity index (χ2v) is 5.32. The van der Waals surface area contributed by atoms with Crippen molar-refractivity contribution in [1.82, 2.24) is 9.55 Å². The summed E-state index contributed by atoms with van der Waals surface area (Å²) in [4.78, 5) is 15.9. The number of alkyl halides is 3. The zero-order valence-electron chi connectivity index (χ0n) is 11.7. The van der Waals surface area contributed by atoms with E-state index in [9.17, 15) is 18.0 Å². The number of aryl methyl sites for hydroxylation is 1. The van der Waals surface area contributed by atoms with Crippen LogP contribution in [-0.2, 0) is 17.5 Å². The van der Waals surface area contributed by atoms with Crippen LogP contribution in [0.15, 0.2) is 41.8 Å². The van der Waals surface area contributed by atoms with Crippen molar-refractivity contribution in [1.29, 1.82) is 0 Å². The van der Waals surface area contributed by atoms with Crippen LogP contribution in [0.3, 0.4) is 0 Å². The topological polar surface area (TPSA) is 46.9 Å². The minimum atomic E-state index is -4.50. The maximum absolute atomic E-state index is 12.8. The van der Waals surface area contributed by atoms with Crippen molar-refractivity contribution in [2.24, 2.45) is 0 Å². The molecule has 1 aromatic heterocycles. The number of carbonyl (C=O) groups excluding carboxylic acids is 1. The summed E-state index contributed by atoms with van der Waals surface area (Å²) in [6.45, 7) is 2.65. The lowest BCUT2D eigenvalue weighted by Gasteiger charge is -2.13. The molecule has 0 saturated heterocycles. The summed E-state index contributed by atoms with van der Waals surface area (Å²) >= 11 is 1.18. The van der Waals surface area contributed by atoms with Gasteiger partial charge in [0.05, 0.1) is 17.0 Å². The van der Waals surface area contributed by atoms with Gasteiger partial charge in [0.15, 0.2) is 5.16 Å². The molecule has 2 rings (SSSR count). The van der Waals surface area contributed by atoms with E-state index in [2.05, 4.69) is 10.3 Å². The number of aromatic nitrogens is 2. The Kier molecular flexibility index (Phi) is 5.12. The minimum absolute atomic E-state index is 0.0107. The van der Waals surface area contributed by atoms with E-state index >= 15 is 0 Å². The number of hydrogen-bond donors (Lipinski definition) is 1. The molecule has 0 saturated carbocycles. The molecule has 0 unspecified atom stereocenters. The smallest absolute Gasteiger partial charge is 0.326 e. The molecule has 1 aromatic carbocycles. The summed E-state index contributed by atoms with van der Waals surface area (Å²) < 4.78 is 40.4. The summed E-state index contributed by atoms with van der Waals surface area (Å²) in [6.07, 6.45) is -1.11. The lowest BCUT2D eigenvalue weighted by molar-refractivity contribution is -0.137. The predicted octanol–water partition coefficient (Wildman–Crippen LogP) is 3.65. The standard InChI is InChI=1S/C14H14F3N3OS/c1-2-20-8-7-18-13(20)22-9-12(21)19-11-6-4-3-5-10(11)14(15,16)17/h3-8H,2,9H2,1H3,(H,19,21). The van der Waals surface area contributed by atoms with E-state index < -0.39 is 17.6 Å². The van der Waals surface area contributed by atoms with Crippen molar-refractivity contribution in [3.63, 3.8) is 0 Å². The fraction of sp³-hybridized carbons (Fsp3) is 0.286. The lowest BCUT2D eigenvalue weighted by atomic mass is 10.1. The van der Waals surface area contributed by atoms with E-state index in [4.69, 9.17) is 0 Å². The quantitative estimate of drug-likeness (QED) is 0.852. The molecule has 1 amide bonds. The first-order valence-corrected chi connectivity index (χ1v) is 7.50. The van der Waals surface area contributed by atoms with Crippen molar-refractivity contribution in [3.8, 4) is 0 Å². The number of thioether (sulfide) groups is 1. The van der Waals surface area contributed by atoms with Gasteiger partial charge in [0.25, 0.3) is 0 Å². The Bertz CT molecular complexity index is 655. The van der Waals surface area contributed by atoms with Crippen molar-refractivity contribution >= 4 is 23.4 Å². The molecule has 0 aliphatic carbocycles. The first-order chi connectivity index (χ1) is 10.4. The third-order valence-electron chi connectivity index (χ3n) is 2.86. The van der Waals surface area contributed by atoms with Crippen molar-refractivity contribution in [2.45, 2.75) is 24.8 Å². The van der Waals surface area contributed by atoms with Gasteiger partial charge in [0.1, 0.15) is 0 Å². The first-order valence-electron chi connectivity index (χ1n) is 6.52. The highest BCUT2D eigenvalue weighted by Crippen LogP contribution is 2.34. The zero-order chi connectivity index (χ0) is 16.2. The summed E-state index contributed by atoms with van der Waals surface area (Å²) in [6, 6.07) is 4.90. The SMILES string of the molecule is CCn1ccnc1SCC(=O)Nc1ccccc1C(F)(F)F. The zero-order valence-corrected chi connectivity index (χ0v) is 12.5. The van der Waals surface area contributed by atoms with Crippen LogP contribution < -0.4 is 5.32 Å². The van der Waals surface area contributed by atoms with E-state index in [0.717, 1.165) is 6.07 Å². The maximum Gasteiger partial charge on any atom is 0.418 e. The number of rotatable bonds is 5. The van der Waals surface area contributed by atoms with Crippen LogP contribution >= 0.6 is 11.8 Å². The van der Waals surface area contributed by atoms with E-state index in [1.807, 2.05) is 11.5 Å². The van der Waals surface area contributed by atoms with Crippen molar-refractivity contribution in [2.75, 3.05) is 11.1 Å². The number of nitrogens with one attached hydrogen (secondary N) is 1. The molecular weight excluding hydrogens is 315 g/mol. The Morgan fingerprint density at radius 1 is 1.36 bits per heavy atom. The van der Waals surface area contributed by atoms with Gasteiger partial charge in [-0.3, -0.25) is 4.79 Å². The minimum Gasteiger partial charge on any atom is -0.326 e. The number of hydrogen-bond acceptors (Lipinski definition) is 3. The summed E-state index contributed by atoms with van der Waals surface area (Å²) in [5.74, 6) is -0.518. The van der Waals surface area contributed by atoms with Crippen LogP contribution in [0.4, 0.5) is 18.9 Å². The summed E-state index contributed by atoms with van der Waals surface area (Å²) in [7, 11) is 0. The number of anilines is 1. The molecule has 1 heterocycles. The normalized spacial score (nSPS) is 11.5. The molecule has 4 nitrogen and oxygen atoms in total. The summed E-state index contributed by atoms with van der Waals surface area (Å²) in [5, 5.41) is 2.95. The van der Waals surface area contributed by atoms with Crippen molar-refractivity contribution < 1.29 is 18.0 Å². The molecule has 0 fully saturated rings. The maximum atomic E-state index is 12.8. The van der Waals surface area contributed by atoms with Crippen molar-refractivity contribution in [3.05, 3.63) is 42.2 Å². The molecule has 22 heavy (non-hydrogen) atoms. The average Bonchev–Trinajstić information content (AvgIpc) is 2.92. The Balaban J connectivity index is 2.01. The number of amides is 1. The Morgan fingerprint density at radius 3 is 2.77 bits per heavy atom. The highest BCUT2D eigenvalue weighted by molar-refractivity contribution is 7.99. The van der Waals surface area contributed by atoms with Gasteiger partial charge in [0, 0.05) is 18.9 Å². The van der Waals surface area contributed by atoms with Gasteiger partial charge in [-0.15, -0.1) is 0 Å². The fourth-order valence-corrected chi connectivity index (χ4v) is 2.66. The molecule has 8 heteroatoms. The Hall–Kier alpha value is -1.96. The third kappa shape index (κ3) is 4.03. The van der Waals surface area contributed by atoms with Crippen LogP contribution in [-0.4, -0.2) is 21.2 Å². The van der Waals surface area contributed by atoms with Crippen LogP contribution in [0.25, 0.3) is 0 Å². The fourth-order valence-electron chi connectivity index (χ4n) is 1.83. The molecular formula is C14H14F3N3OS. The molecule has 0 aliphatic rings. The molecule has 0 bridgehead atoms. The molecule has 0 radical (unpaired) electrons. The van der Waals surface area contributed by atoms with E-state index in [-0.39, 0.29) is 11.4 Å². The van der Waals surface area contributed by atoms with E-state index in [0.29, 0.717) is 11.7 Å². The van der Waals surface area contributed by atoms with E-state index in [1.54, 1.807) is 12.4 Å². The summed E-state index contributed by atoms with van der Waals surface area (Å²) in [5.41, 5.74) is -1.09. The second-order valence-electron chi connectivity index (χ2n) is 4.38. The van der Waals surface area contributed by atoms with Crippen LogP contribution in [0.2, 0.25) is 0 Å². The van der Waals surface area contributed by atoms with Gasteiger partial charge in [-0.05, 0) is 19.1 Å². The molecule has 1 N–H and O–H groups in total. The van der Waals surface area contributed by atoms with Gasteiger partial charge >= 0.3 is 6.18 Å². The van der Waals surface area contributed by atoms with Crippen LogP contribution in [0, 0.1) is 0 Å². The van der Waals surface area contributed by atoms with Gasteiger partial charge in [0.2, 0.25) is 5.91 Å². The first kappa shape index (κ1) is 16.4. The predicted molar refractivity (Wildman–Crippen MR) is 78.7 cm³/mol. The number of benzene rings is 1. The molecule has 0 aliphatic heterocycles. The van der Waals surface area contributed by atoms with E-state index in [1.165, 1.54) is 30.0 Å². The number of nitrogens with zero attached hydrogens (tertiary/aromatic N) is 2. The molecule has 0 atom stereocenters. The Labute approximate surface area is 129 Å². The monoisotopic (exact) mass is 329 g/mol. The number of carbonyl (C=O) groups is 1. The number of imidazole rings is 1. The largest absolute Gasteiger partial charge is 0.418 e. The third-order valence-corrected chi connectivity index (χ3v) is 3.86. The van der Waals surface area contributed by atoms with Gasteiger partial charge in [-0.1, -0.05) is 23.9 Å². The van der Waals surface area contributed by atoms with Crippen LogP contribution in [0.1, 0.15) is 12.5 Å². The molecule has 118 valence electrons. The van der Waals surface area contributed by atoms with Gasteiger partial charge in [-0.25, -0.2) is 4.98 Å². The molecule has 0 spiro atoms. The lowest BCUT2D eigenvalue weighted by Crippen LogP contribution is -2.18. The average molecular weight is 329 g/mol. The van der Waals surface area contributed by atoms with Gasteiger partial charge in [-0.2, -0.15) is 13.2 Å². The van der Waals surface area contributed by atoms with Crippen LogP contribution in [0.5, 0.6) is 0 Å². The second kappa shape index (κ2) is 6.87. The van der Waals surface area contributed by atoms with Gasteiger partial charge < -0.3 is 9.88 Å². The molecule has 2 aromatic rings. The number of para-hydroxylation sites is 1. The Morgan fingerprint density at radius 2 is 2.09 bits per heavy atom. The highest BCUT2D eigenvalue weighted by Gasteiger charge is 2.33.